The maximum atomic E-state index is 5.91. The molecule has 0 saturated carbocycles. The van der Waals surface area contributed by atoms with Crippen molar-refractivity contribution in [1.82, 2.24) is 5.32 Å². The molecule has 0 fully saturated rings. The van der Waals surface area contributed by atoms with Crippen LogP contribution in [0.15, 0.2) is 29.3 Å². The number of methoxy groups -OCH3 is 1. The summed E-state index contributed by atoms with van der Waals surface area (Å²) >= 11 is 0. The smallest absolute Gasteiger partial charge is 0.188 e. The molecule has 0 aromatic heterocycles. The first-order valence-electron chi connectivity index (χ1n) is 6.98. The highest BCUT2D eigenvalue weighted by molar-refractivity contribution is 14.0. The van der Waals surface area contributed by atoms with Gasteiger partial charge in [0.05, 0.1) is 13.2 Å². The van der Waals surface area contributed by atoms with Crippen molar-refractivity contribution in [3.8, 4) is 0 Å². The Morgan fingerprint density at radius 3 is 2.57 bits per heavy atom. The van der Waals surface area contributed by atoms with Crippen molar-refractivity contribution in [1.29, 1.82) is 0 Å². The van der Waals surface area contributed by atoms with E-state index in [9.17, 15) is 0 Å². The van der Waals surface area contributed by atoms with Crippen LogP contribution in [0.5, 0.6) is 0 Å². The summed E-state index contributed by atoms with van der Waals surface area (Å²) < 4.78 is 5.06. The van der Waals surface area contributed by atoms with Crippen molar-refractivity contribution in [3.05, 3.63) is 35.4 Å². The van der Waals surface area contributed by atoms with Gasteiger partial charge in [-0.1, -0.05) is 38.1 Å². The summed E-state index contributed by atoms with van der Waals surface area (Å²) in [6.07, 6.45) is 0. The Balaban J connectivity index is 0.00000400. The summed E-state index contributed by atoms with van der Waals surface area (Å²) in [5.74, 6) is 0.469. The van der Waals surface area contributed by atoms with Gasteiger partial charge in [-0.2, -0.15) is 0 Å². The fraction of sp³-hybridized carbons (Fsp3) is 0.562. The number of hydrogen-bond donors (Lipinski definition) is 2. The summed E-state index contributed by atoms with van der Waals surface area (Å²) in [7, 11) is 1.67. The molecule has 0 bridgehead atoms. The molecule has 0 radical (unpaired) electrons. The van der Waals surface area contributed by atoms with Gasteiger partial charge in [-0.05, 0) is 25.0 Å². The van der Waals surface area contributed by atoms with Crippen molar-refractivity contribution in [3.63, 3.8) is 0 Å². The lowest BCUT2D eigenvalue weighted by Gasteiger charge is -2.25. The van der Waals surface area contributed by atoms with Crippen LogP contribution < -0.4 is 11.1 Å². The van der Waals surface area contributed by atoms with Gasteiger partial charge in [0.25, 0.3) is 0 Å². The maximum absolute atomic E-state index is 5.91. The molecule has 0 aliphatic carbocycles. The van der Waals surface area contributed by atoms with Gasteiger partial charge in [-0.3, -0.25) is 4.99 Å². The molecule has 5 heteroatoms. The van der Waals surface area contributed by atoms with Crippen molar-refractivity contribution in [2.75, 3.05) is 20.3 Å². The molecule has 1 aromatic rings. The molecule has 3 N–H and O–H groups in total. The lowest BCUT2D eigenvalue weighted by atomic mass is 9.82. The molecule has 1 unspecified atom stereocenters. The lowest BCUT2D eigenvalue weighted by molar-refractivity contribution is 0.179. The topological polar surface area (TPSA) is 59.6 Å². The fourth-order valence-corrected chi connectivity index (χ4v) is 2.29. The highest BCUT2D eigenvalue weighted by atomic mass is 127. The van der Waals surface area contributed by atoms with Crippen LogP contribution in [0.4, 0.5) is 0 Å². The summed E-state index contributed by atoms with van der Waals surface area (Å²) in [6.45, 7) is 9.77. The Labute approximate surface area is 145 Å². The average molecular weight is 405 g/mol. The van der Waals surface area contributed by atoms with Gasteiger partial charge in [0.1, 0.15) is 0 Å². The van der Waals surface area contributed by atoms with Gasteiger partial charge in [0.15, 0.2) is 5.96 Å². The zero-order valence-corrected chi connectivity index (χ0v) is 16.0. The largest absolute Gasteiger partial charge is 0.383 e. The van der Waals surface area contributed by atoms with Crippen LogP contribution >= 0.6 is 24.0 Å². The SMILES string of the molecule is COCC(C)NC(N)=NCC(C)(C)c1ccccc1C.I. The Morgan fingerprint density at radius 2 is 2.00 bits per heavy atom. The summed E-state index contributed by atoms with van der Waals surface area (Å²) in [4.78, 5) is 4.46. The van der Waals surface area contributed by atoms with Gasteiger partial charge in [0.2, 0.25) is 0 Å². The molecular weight excluding hydrogens is 377 g/mol. The molecule has 0 aliphatic heterocycles. The minimum Gasteiger partial charge on any atom is -0.383 e. The Kier molecular flexibility index (Phi) is 8.89. The second kappa shape index (κ2) is 9.25. The number of nitrogens with zero attached hydrogens (tertiary/aromatic N) is 1. The van der Waals surface area contributed by atoms with Crippen LogP contribution in [0.1, 0.15) is 31.9 Å². The molecule has 0 saturated heterocycles. The number of ether oxygens (including phenoxy) is 1. The quantitative estimate of drug-likeness (QED) is 0.435. The zero-order valence-electron chi connectivity index (χ0n) is 13.6. The standard InChI is InChI=1S/C16H27N3O.HI/c1-12-8-6-7-9-14(12)16(3,4)11-18-15(17)19-13(2)10-20-5;/h6-9,13H,10-11H2,1-5H3,(H3,17,18,19);1H. The van der Waals surface area contributed by atoms with Crippen LogP contribution in [-0.4, -0.2) is 32.3 Å². The van der Waals surface area contributed by atoms with Gasteiger partial charge >= 0.3 is 0 Å². The number of hydrogen-bond acceptors (Lipinski definition) is 2. The minimum atomic E-state index is -0.0395. The molecule has 120 valence electrons. The predicted octanol–water partition coefficient (Wildman–Crippen LogP) is 2.83. The molecule has 1 aromatic carbocycles. The number of aliphatic imine (C=N–C) groups is 1. The molecule has 4 nitrogen and oxygen atoms in total. The summed E-state index contributed by atoms with van der Waals surface area (Å²) in [5.41, 5.74) is 8.46. The Hall–Kier alpha value is -0.820. The second-order valence-electron chi connectivity index (χ2n) is 5.90. The highest BCUT2D eigenvalue weighted by Crippen LogP contribution is 2.26. The van der Waals surface area contributed by atoms with E-state index in [4.69, 9.17) is 10.5 Å². The van der Waals surface area contributed by atoms with Crippen molar-refractivity contribution in [2.24, 2.45) is 10.7 Å². The van der Waals surface area contributed by atoms with Crippen LogP contribution in [0, 0.1) is 6.92 Å². The second-order valence-corrected chi connectivity index (χ2v) is 5.90. The number of halogens is 1. The molecule has 0 spiro atoms. The number of benzene rings is 1. The van der Waals surface area contributed by atoms with Crippen molar-refractivity contribution >= 4 is 29.9 Å². The normalized spacial score (nSPS) is 13.5. The molecule has 0 heterocycles. The molecule has 0 amide bonds. The molecule has 0 aliphatic rings. The van der Waals surface area contributed by atoms with Crippen molar-refractivity contribution in [2.45, 2.75) is 39.2 Å². The van der Waals surface area contributed by atoms with E-state index in [0.29, 0.717) is 19.1 Å². The summed E-state index contributed by atoms with van der Waals surface area (Å²) in [5, 5.41) is 3.12. The fourth-order valence-electron chi connectivity index (χ4n) is 2.29. The first kappa shape index (κ1) is 20.2. The van der Waals surface area contributed by atoms with E-state index in [-0.39, 0.29) is 35.4 Å². The van der Waals surface area contributed by atoms with Gasteiger partial charge in [0, 0.05) is 18.6 Å². The van der Waals surface area contributed by atoms with Gasteiger partial charge in [-0.15, -0.1) is 24.0 Å². The number of nitrogens with two attached hydrogens (primary N) is 1. The summed E-state index contributed by atoms with van der Waals surface area (Å²) in [6, 6.07) is 8.56. The molecule has 1 rings (SSSR count). The zero-order chi connectivity index (χ0) is 15.2. The Morgan fingerprint density at radius 1 is 1.38 bits per heavy atom. The third kappa shape index (κ3) is 6.65. The predicted molar refractivity (Wildman–Crippen MR) is 101 cm³/mol. The van der Waals surface area contributed by atoms with Crippen molar-refractivity contribution < 1.29 is 4.74 Å². The van der Waals surface area contributed by atoms with E-state index < -0.39 is 0 Å². The Bertz CT molecular complexity index is 461. The van der Waals surface area contributed by atoms with E-state index in [1.165, 1.54) is 11.1 Å². The van der Waals surface area contributed by atoms with E-state index in [2.05, 4.69) is 55.3 Å². The molecule has 1 atom stereocenters. The first-order valence-corrected chi connectivity index (χ1v) is 6.98. The highest BCUT2D eigenvalue weighted by Gasteiger charge is 2.21. The van der Waals surface area contributed by atoms with Crippen LogP contribution in [0.2, 0.25) is 0 Å². The van der Waals surface area contributed by atoms with E-state index in [1.54, 1.807) is 7.11 Å². The van der Waals surface area contributed by atoms with Gasteiger partial charge in [-0.25, -0.2) is 0 Å². The minimum absolute atomic E-state index is 0. The number of rotatable bonds is 6. The van der Waals surface area contributed by atoms with E-state index >= 15 is 0 Å². The lowest BCUT2D eigenvalue weighted by Crippen LogP contribution is -2.41. The van der Waals surface area contributed by atoms with E-state index in [0.717, 1.165) is 0 Å². The monoisotopic (exact) mass is 405 g/mol. The van der Waals surface area contributed by atoms with E-state index in [1.807, 2.05) is 6.92 Å². The third-order valence-corrected chi connectivity index (χ3v) is 3.33. The average Bonchev–Trinajstić information content (AvgIpc) is 2.37. The number of nitrogens with one attached hydrogen (secondary N) is 1. The maximum Gasteiger partial charge on any atom is 0.188 e. The number of guanidine groups is 1. The van der Waals surface area contributed by atoms with Gasteiger partial charge < -0.3 is 15.8 Å². The molecular formula is C16H28IN3O. The third-order valence-electron chi connectivity index (χ3n) is 3.33. The first-order chi connectivity index (χ1) is 9.36. The number of aryl methyl sites for hydroxylation is 1. The molecule has 21 heavy (non-hydrogen) atoms. The van der Waals surface area contributed by atoms with Crippen LogP contribution in [-0.2, 0) is 10.2 Å². The van der Waals surface area contributed by atoms with Crippen LogP contribution in [0.25, 0.3) is 0 Å². The van der Waals surface area contributed by atoms with Crippen LogP contribution in [0.3, 0.4) is 0 Å².